The molecule has 6 heteroatoms. The van der Waals surface area contributed by atoms with Crippen molar-refractivity contribution in [1.29, 1.82) is 0 Å². The van der Waals surface area contributed by atoms with Gasteiger partial charge < -0.3 is 16.0 Å². The number of carbonyl (C=O) groups excluding carboxylic acids is 2. The van der Waals surface area contributed by atoms with E-state index in [-0.39, 0.29) is 42.8 Å². The zero-order valence-corrected chi connectivity index (χ0v) is 11.2. The van der Waals surface area contributed by atoms with Gasteiger partial charge in [0.2, 0.25) is 11.8 Å². The van der Waals surface area contributed by atoms with E-state index in [1.54, 1.807) is 0 Å². The van der Waals surface area contributed by atoms with Gasteiger partial charge in [-0.15, -0.1) is 12.4 Å². The third kappa shape index (κ3) is 6.48. The van der Waals surface area contributed by atoms with E-state index in [0.717, 1.165) is 25.8 Å². The zero-order valence-electron chi connectivity index (χ0n) is 10.4. The topological polar surface area (TPSA) is 70.2 Å². The van der Waals surface area contributed by atoms with Crippen LogP contribution in [0.3, 0.4) is 0 Å². The van der Waals surface area contributed by atoms with Crippen molar-refractivity contribution in [2.24, 2.45) is 0 Å². The molecule has 0 radical (unpaired) electrons. The van der Waals surface area contributed by atoms with Crippen molar-refractivity contribution in [3.63, 3.8) is 0 Å². The second-order valence-corrected chi connectivity index (χ2v) is 4.44. The first kappa shape index (κ1) is 16.2. The van der Waals surface area contributed by atoms with E-state index in [9.17, 15) is 9.59 Å². The molecule has 100 valence electrons. The summed E-state index contributed by atoms with van der Waals surface area (Å²) in [6.45, 7) is 4.73. The van der Waals surface area contributed by atoms with E-state index in [0.29, 0.717) is 0 Å². The monoisotopic (exact) mass is 263 g/mol. The highest BCUT2D eigenvalue weighted by molar-refractivity contribution is 5.87. The van der Waals surface area contributed by atoms with Crippen LogP contribution in [0.2, 0.25) is 0 Å². The highest BCUT2D eigenvalue weighted by atomic mass is 35.5. The van der Waals surface area contributed by atoms with E-state index in [4.69, 9.17) is 0 Å². The molecular weight excluding hydrogens is 242 g/mol. The Bertz CT molecular complexity index is 253. The normalized spacial score (nSPS) is 19.4. The molecule has 0 aromatic rings. The van der Waals surface area contributed by atoms with Crippen molar-refractivity contribution in [1.82, 2.24) is 16.0 Å². The summed E-state index contributed by atoms with van der Waals surface area (Å²) in [7, 11) is 0. The van der Waals surface area contributed by atoms with Crippen LogP contribution < -0.4 is 16.0 Å². The molecule has 17 heavy (non-hydrogen) atoms. The van der Waals surface area contributed by atoms with Crippen LogP contribution in [0, 0.1) is 0 Å². The number of amides is 2. The highest BCUT2D eigenvalue weighted by Crippen LogP contribution is 2.06. The van der Waals surface area contributed by atoms with Crippen LogP contribution in [-0.2, 0) is 9.59 Å². The zero-order chi connectivity index (χ0) is 12.0. The molecule has 1 aliphatic heterocycles. The van der Waals surface area contributed by atoms with Crippen molar-refractivity contribution in [2.75, 3.05) is 13.1 Å². The summed E-state index contributed by atoms with van der Waals surface area (Å²) in [4.78, 5) is 22.9. The van der Waals surface area contributed by atoms with Gasteiger partial charge >= 0.3 is 0 Å². The predicted octanol–water partition coefficient (Wildman–Crippen LogP) is 0.191. The molecule has 1 heterocycles. The molecule has 0 aromatic heterocycles. The SMILES string of the molecule is CC(C)NC(=O)CNC(=O)[C@H]1CCCCN1.Cl. The van der Waals surface area contributed by atoms with Gasteiger partial charge in [-0.1, -0.05) is 6.42 Å². The number of nitrogens with one attached hydrogen (secondary N) is 3. The molecule has 0 saturated carbocycles. The lowest BCUT2D eigenvalue weighted by Gasteiger charge is -2.22. The van der Waals surface area contributed by atoms with Crippen LogP contribution >= 0.6 is 12.4 Å². The lowest BCUT2D eigenvalue weighted by atomic mass is 10.0. The van der Waals surface area contributed by atoms with Gasteiger partial charge in [-0.25, -0.2) is 0 Å². The minimum Gasteiger partial charge on any atom is -0.352 e. The molecule has 0 aliphatic carbocycles. The number of rotatable bonds is 4. The Hall–Kier alpha value is -0.810. The Balaban J connectivity index is 0.00000256. The first-order valence-corrected chi connectivity index (χ1v) is 5.90. The first-order chi connectivity index (χ1) is 7.59. The van der Waals surface area contributed by atoms with Crippen LogP contribution in [0.25, 0.3) is 0 Å². The van der Waals surface area contributed by atoms with Gasteiger partial charge in [0, 0.05) is 6.04 Å². The molecule has 1 fully saturated rings. The lowest BCUT2D eigenvalue weighted by molar-refractivity contribution is -0.127. The molecule has 0 aromatic carbocycles. The summed E-state index contributed by atoms with van der Waals surface area (Å²) >= 11 is 0. The van der Waals surface area contributed by atoms with Crippen molar-refractivity contribution in [3.8, 4) is 0 Å². The maximum absolute atomic E-state index is 11.6. The fraction of sp³-hybridized carbons (Fsp3) is 0.818. The van der Waals surface area contributed by atoms with Gasteiger partial charge in [-0.05, 0) is 33.2 Å². The Morgan fingerprint density at radius 2 is 2.06 bits per heavy atom. The molecule has 2 amide bonds. The van der Waals surface area contributed by atoms with Gasteiger partial charge in [0.05, 0.1) is 12.6 Å². The van der Waals surface area contributed by atoms with Crippen LogP contribution in [0.4, 0.5) is 0 Å². The predicted molar refractivity (Wildman–Crippen MR) is 69.2 cm³/mol. The molecule has 3 N–H and O–H groups in total. The van der Waals surface area contributed by atoms with E-state index >= 15 is 0 Å². The second kappa shape index (κ2) is 8.31. The molecule has 1 aliphatic rings. The maximum atomic E-state index is 11.6. The number of carbonyl (C=O) groups is 2. The Morgan fingerprint density at radius 1 is 1.35 bits per heavy atom. The quantitative estimate of drug-likeness (QED) is 0.678. The summed E-state index contributed by atoms with van der Waals surface area (Å²) in [5.74, 6) is -0.210. The molecular formula is C11H22ClN3O2. The Kier molecular flexibility index (Phi) is 7.91. The summed E-state index contributed by atoms with van der Waals surface area (Å²) in [5.41, 5.74) is 0. The van der Waals surface area contributed by atoms with Gasteiger partial charge in [0.25, 0.3) is 0 Å². The van der Waals surface area contributed by atoms with Crippen LogP contribution in [0.5, 0.6) is 0 Å². The van der Waals surface area contributed by atoms with Gasteiger partial charge in [0.15, 0.2) is 0 Å². The van der Waals surface area contributed by atoms with Crippen LogP contribution in [-0.4, -0.2) is 37.0 Å². The van der Waals surface area contributed by atoms with Crippen molar-refractivity contribution < 1.29 is 9.59 Å². The Labute approximate surface area is 109 Å². The molecule has 0 spiro atoms. The number of piperidine rings is 1. The lowest BCUT2D eigenvalue weighted by Crippen LogP contribution is -2.49. The molecule has 1 atom stereocenters. The largest absolute Gasteiger partial charge is 0.352 e. The van der Waals surface area contributed by atoms with Crippen molar-refractivity contribution in [2.45, 2.75) is 45.2 Å². The van der Waals surface area contributed by atoms with E-state index in [1.807, 2.05) is 13.8 Å². The number of hydrogen-bond donors (Lipinski definition) is 3. The summed E-state index contributed by atoms with van der Waals surface area (Å²) in [6.07, 6.45) is 3.05. The summed E-state index contributed by atoms with van der Waals surface area (Å²) < 4.78 is 0. The second-order valence-electron chi connectivity index (χ2n) is 4.44. The molecule has 0 unspecified atom stereocenters. The fourth-order valence-electron chi connectivity index (χ4n) is 1.74. The van der Waals surface area contributed by atoms with E-state index < -0.39 is 0 Å². The fourth-order valence-corrected chi connectivity index (χ4v) is 1.74. The molecule has 0 bridgehead atoms. The standard InChI is InChI=1S/C11H21N3O2.ClH/c1-8(2)14-10(15)7-13-11(16)9-5-3-4-6-12-9;/h8-9,12H,3-7H2,1-2H3,(H,13,16)(H,14,15);1H/t9-;/m1./s1. The summed E-state index contributed by atoms with van der Waals surface area (Å²) in [5, 5.41) is 8.51. The van der Waals surface area contributed by atoms with Crippen molar-refractivity contribution >= 4 is 24.2 Å². The molecule has 1 saturated heterocycles. The van der Waals surface area contributed by atoms with Crippen molar-refractivity contribution in [3.05, 3.63) is 0 Å². The van der Waals surface area contributed by atoms with Crippen LogP contribution in [0.1, 0.15) is 33.1 Å². The van der Waals surface area contributed by atoms with E-state index in [2.05, 4.69) is 16.0 Å². The minimum absolute atomic E-state index is 0. The Morgan fingerprint density at radius 3 is 2.59 bits per heavy atom. The number of halogens is 1. The van der Waals surface area contributed by atoms with E-state index in [1.165, 1.54) is 0 Å². The number of hydrogen-bond acceptors (Lipinski definition) is 3. The third-order valence-electron chi connectivity index (χ3n) is 2.50. The van der Waals surface area contributed by atoms with Gasteiger partial charge in [-0.3, -0.25) is 9.59 Å². The maximum Gasteiger partial charge on any atom is 0.239 e. The highest BCUT2D eigenvalue weighted by Gasteiger charge is 2.20. The molecule has 5 nitrogen and oxygen atoms in total. The van der Waals surface area contributed by atoms with Gasteiger partial charge in [0.1, 0.15) is 0 Å². The molecule has 1 rings (SSSR count). The van der Waals surface area contributed by atoms with Gasteiger partial charge in [-0.2, -0.15) is 0 Å². The average Bonchev–Trinajstić information content (AvgIpc) is 2.26. The first-order valence-electron chi connectivity index (χ1n) is 5.90. The third-order valence-corrected chi connectivity index (χ3v) is 2.50. The summed E-state index contributed by atoms with van der Waals surface area (Å²) in [6, 6.07) is -0.0159. The smallest absolute Gasteiger partial charge is 0.239 e. The average molecular weight is 264 g/mol. The minimum atomic E-state index is -0.140. The van der Waals surface area contributed by atoms with Crippen LogP contribution in [0.15, 0.2) is 0 Å².